The van der Waals surface area contributed by atoms with E-state index in [1.54, 1.807) is 11.3 Å². The smallest absolute Gasteiger partial charge is 0.123 e. The minimum absolute atomic E-state index is 0.892. The van der Waals surface area contributed by atoms with E-state index in [1.165, 1.54) is 16.0 Å². The molecule has 1 aromatic carbocycles. The first-order chi connectivity index (χ1) is 7.29. The predicted octanol–water partition coefficient (Wildman–Crippen LogP) is 2.84. The van der Waals surface area contributed by atoms with Gasteiger partial charge in [-0.2, -0.15) is 0 Å². The van der Waals surface area contributed by atoms with E-state index in [4.69, 9.17) is 0 Å². The molecule has 0 radical (unpaired) electrons. The highest BCUT2D eigenvalue weighted by atomic mass is 32.1. The van der Waals surface area contributed by atoms with Crippen molar-refractivity contribution in [1.29, 1.82) is 0 Å². The Labute approximate surface area is 94.0 Å². The van der Waals surface area contributed by atoms with Crippen molar-refractivity contribution in [3.63, 3.8) is 0 Å². The molecule has 0 amide bonds. The molecular weight excluding hydrogens is 204 g/mol. The molecule has 0 saturated heterocycles. The molecule has 2 rings (SSSR count). The zero-order chi connectivity index (χ0) is 10.7. The zero-order valence-corrected chi connectivity index (χ0v) is 9.77. The monoisotopic (exact) mass is 218 g/mol. The number of thiazole rings is 1. The molecule has 3 heteroatoms. The van der Waals surface area contributed by atoms with Gasteiger partial charge in [-0.05, 0) is 14.0 Å². The minimum Gasteiger partial charge on any atom is -0.315 e. The maximum absolute atomic E-state index is 4.41. The lowest BCUT2D eigenvalue weighted by Gasteiger charge is -1.96. The lowest BCUT2D eigenvalue weighted by atomic mass is 10.2. The number of benzene rings is 1. The normalized spacial score (nSPS) is 10.5. The van der Waals surface area contributed by atoms with Crippen molar-refractivity contribution in [1.82, 2.24) is 10.3 Å². The van der Waals surface area contributed by atoms with Crippen LogP contribution in [-0.4, -0.2) is 12.0 Å². The molecule has 0 unspecified atom stereocenters. The maximum atomic E-state index is 4.41. The van der Waals surface area contributed by atoms with Crippen LogP contribution < -0.4 is 5.32 Å². The summed E-state index contributed by atoms with van der Waals surface area (Å²) in [6.07, 6.45) is 1.94. The van der Waals surface area contributed by atoms with Crippen molar-refractivity contribution in [2.45, 2.75) is 13.5 Å². The van der Waals surface area contributed by atoms with E-state index in [0.717, 1.165) is 11.6 Å². The summed E-state index contributed by atoms with van der Waals surface area (Å²) in [5.41, 5.74) is 2.48. The van der Waals surface area contributed by atoms with Gasteiger partial charge in [0.05, 0.1) is 0 Å². The van der Waals surface area contributed by atoms with Crippen LogP contribution in [0, 0.1) is 6.92 Å². The number of aromatic nitrogens is 1. The first-order valence-electron chi connectivity index (χ1n) is 4.96. The van der Waals surface area contributed by atoms with Gasteiger partial charge < -0.3 is 5.32 Å². The predicted molar refractivity (Wildman–Crippen MR) is 65.1 cm³/mol. The Morgan fingerprint density at radius 1 is 1.27 bits per heavy atom. The van der Waals surface area contributed by atoms with Gasteiger partial charge in [-0.15, -0.1) is 11.3 Å². The van der Waals surface area contributed by atoms with E-state index in [2.05, 4.69) is 41.5 Å². The molecule has 1 aromatic heterocycles. The van der Waals surface area contributed by atoms with Gasteiger partial charge in [0.15, 0.2) is 0 Å². The maximum Gasteiger partial charge on any atom is 0.123 e. The quantitative estimate of drug-likeness (QED) is 0.857. The fourth-order valence-electron chi connectivity index (χ4n) is 1.39. The highest BCUT2D eigenvalue weighted by Gasteiger charge is 2.03. The van der Waals surface area contributed by atoms with Crippen molar-refractivity contribution in [3.05, 3.63) is 40.9 Å². The highest BCUT2D eigenvalue weighted by molar-refractivity contribution is 7.15. The first-order valence-corrected chi connectivity index (χ1v) is 5.77. The Bertz CT molecular complexity index is 431. The second kappa shape index (κ2) is 4.55. The fourth-order valence-corrected chi connectivity index (χ4v) is 2.32. The average molecular weight is 218 g/mol. The summed E-state index contributed by atoms with van der Waals surface area (Å²) in [6, 6.07) is 8.48. The molecule has 2 aromatic rings. The zero-order valence-electron chi connectivity index (χ0n) is 8.95. The van der Waals surface area contributed by atoms with E-state index >= 15 is 0 Å². The Morgan fingerprint density at radius 2 is 2.00 bits per heavy atom. The van der Waals surface area contributed by atoms with Gasteiger partial charge in [0, 0.05) is 23.2 Å². The van der Waals surface area contributed by atoms with Crippen LogP contribution in [0.3, 0.4) is 0 Å². The van der Waals surface area contributed by atoms with Crippen molar-refractivity contribution in [2.24, 2.45) is 0 Å². The van der Waals surface area contributed by atoms with E-state index < -0.39 is 0 Å². The van der Waals surface area contributed by atoms with Crippen LogP contribution in [-0.2, 0) is 6.54 Å². The second-order valence-electron chi connectivity index (χ2n) is 3.53. The molecular formula is C12H14N2S. The van der Waals surface area contributed by atoms with Gasteiger partial charge in [-0.3, -0.25) is 0 Å². The molecule has 1 N–H and O–H groups in total. The Morgan fingerprint density at radius 3 is 2.67 bits per heavy atom. The van der Waals surface area contributed by atoms with E-state index in [0.29, 0.717) is 0 Å². The van der Waals surface area contributed by atoms with Gasteiger partial charge in [0.2, 0.25) is 0 Å². The van der Waals surface area contributed by atoms with Gasteiger partial charge >= 0.3 is 0 Å². The van der Waals surface area contributed by atoms with Crippen molar-refractivity contribution in [2.75, 3.05) is 7.05 Å². The van der Waals surface area contributed by atoms with Crippen LogP contribution >= 0.6 is 11.3 Å². The lowest BCUT2D eigenvalue weighted by molar-refractivity contribution is 0.829. The summed E-state index contributed by atoms with van der Waals surface area (Å²) in [5, 5.41) is 4.23. The molecule has 1 heterocycles. The van der Waals surface area contributed by atoms with Gasteiger partial charge in [0.25, 0.3) is 0 Å². The molecule has 0 spiro atoms. The third-order valence-corrected chi connectivity index (χ3v) is 3.25. The summed E-state index contributed by atoms with van der Waals surface area (Å²) < 4.78 is 0. The third kappa shape index (κ3) is 2.43. The van der Waals surface area contributed by atoms with Crippen molar-refractivity contribution >= 4 is 11.3 Å². The average Bonchev–Trinajstić information content (AvgIpc) is 2.68. The topological polar surface area (TPSA) is 24.9 Å². The molecule has 78 valence electrons. The van der Waals surface area contributed by atoms with E-state index in [-0.39, 0.29) is 0 Å². The summed E-state index contributed by atoms with van der Waals surface area (Å²) in [5.74, 6) is 0. The Hall–Kier alpha value is -1.19. The molecule has 0 aliphatic heterocycles. The van der Waals surface area contributed by atoms with Crippen LogP contribution in [0.15, 0.2) is 30.5 Å². The molecule has 2 nitrogen and oxygen atoms in total. The number of hydrogen-bond donors (Lipinski definition) is 1. The minimum atomic E-state index is 0.892. The molecule has 0 aliphatic carbocycles. The van der Waals surface area contributed by atoms with Gasteiger partial charge in [0.1, 0.15) is 5.01 Å². The number of nitrogens with zero attached hydrogens (tertiary/aromatic N) is 1. The Balaban J connectivity index is 2.25. The standard InChI is InChI=1S/C12H14N2S/c1-9-3-5-10(6-4-9)12-14-8-11(15-12)7-13-2/h3-6,8,13H,7H2,1-2H3. The lowest BCUT2D eigenvalue weighted by Crippen LogP contribution is -2.02. The summed E-state index contributed by atoms with van der Waals surface area (Å²) in [6.45, 7) is 2.99. The highest BCUT2D eigenvalue weighted by Crippen LogP contribution is 2.25. The summed E-state index contributed by atoms with van der Waals surface area (Å²) in [4.78, 5) is 5.68. The van der Waals surface area contributed by atoms with Crippen LogP contribution in [0.1, 0.15) is 10.4 Å². The second-order valence-corrected chi connectivity index (χ2v) is 4.64. The van der Waals surface area contributed by atoms with Gasteiger partial charge in [-0.25, -0.2) is 4.98 Å². The fraction of sp³-hybridized carbons (Fsp3) is 0.250. The van der Waals surface area contributed by atoms with Crippen LogP contribution in [0.5, 0.6) is 0 Å². The molecule has 15 heavy (non-hydrogen) atoms. The summed E-state index contributed by atoms with van der Waals surface area (Å²) in [7, 11) is 1.95. The Kier molecular flexibility index (Phi) is 3.14. The number of rotatable bonds is 3. The summed E-state index contributed by atoms with van der Waals surface area (Å²) >= 11 is 1.74. The molecule has 0 atom stereocenters. The largest absolute Gasteiger partial charge is 0.315 e. The molecule has 0 fully saturated rings. The van der Waals surface area contributed by atoms with E-state index in [9.17, 15) is 0 Å². The van der Waals surface area contributed by atoms with E-state index in [1.807, 2.05) is 13.2 Å². The van der Waals surface area contributed by atoms with Gasteiger partial charge in [-0.1, -0.05) is 29.8 Å². The number of hydrogen-bond acceptors (Lipinski definition) is 3. The number of aryl methyl sites for hydroxylation is 1. The number of nitrogens with one attached hydrogen (secondary N) is 1. The van der Waals surface area contributed by atoms with Crippen LogP contribution in [0.4, 0.5) is 0 Å². The van der Waals surface area contributed by atoms with Crippen LogP contribution in [0.25, 0.3) is 10.6 Å². The third-order valence-electron chi connectivity index (χ3n) is 2.20. The van der Waals surface area contributed by atoms with Crippen molar-refractivity contribution < 1.29 is 0 Å². The van der Waals surface area contributed by atoms with Crippen molar-refractivity contribution in [3.8, 4) is 10.6 Å². The first kappa shape index (κ1) is 10.3. The molecule has 0 bridgehead atoms. The molecule has 0 saturated carbocycles. The van der Waals surface area contributed by atoms with Crippen LogP contribution in [0.2, 0.25) is 0 Å². The SMILES string of the molecule is CNCc1cnc(-c2ccc(C)cc2)s1. The molecule has 0 aliphatic rings.